The zero-order valence-electron chi connectivity index (χ0n) is 9.64. The Morgan fingerprint density at radius 3 is 2.76 bits per heavy atom. The summed E-state index contributed by atoms with van der Waals surface area (Å²) in [6, 6.07) is 5.32. The van der Waals surface area contributed by atoms with Crippen LogP contribution in [-0.2, 0) is 9.53 Å². The molecule has 1 aromatic rings. The summed E-state index contributed by atoms with van der Waals surface area (Å²) < 4.78 is 16.0. The number of nitrogens with two attached hydrogens (primary N) is 1. The van der Waals surface area contributed by atoms with Crippen molar-refractivity contribution in [2.24, 2.45) is 5.73 Å². The Labute approximate surface area is 99.5 Å². The lowest BCUT2D eigenvalue weighted by molar-refractivity contribution is -0.127. The molecule has 5 heteroatoms. The highest BCUT2D eigenvalue weighted by Crippen LogP contribution is 2.33. The summed E-state index contributed by atoms with van der Waals surface area (Å²) in [5.41, 5.74) is 6.07. The molecule has 1 heterocycles. The Bertz CT molecular complexity index is 419. The topological polar surface area (TPSA) is 70.8 Å². The molecule has 1 aliphatic heterocycles. The molecule has 0 aliphatic carbocycles. The predicted octanol–water partition coefficient (Wildman–Crippen LogP) is 0.673. The highest BCUT2D eigenvalue weighted by atomic mass is 16.6. The van der Waals surface area contributed by atoms with E-state index >= 15 is 0 Å². The second-order valence-corrected chi connectivity index (χ2v) is 3.69. The molecule has 5 nitrogen and oxygen atoms in total. The molecule has 0 radical (unpaired) electrons. The average molecular weight is 237 g/mol. The molecule has 0 bridgehead atoms. The number of methoxy groups -OCH3 is 1. The maximum absolute atomic E-state index is 11.6. The van der Waals surface area contributed by atoms with Gasteiger partial charge in [-0.1, -0.05) is 6.07 Å². The van der Waals surface area contributed by atoms with Crippen LogP contribution in [0, 0.1) is 0 Å². The molecule has 0 saturated carbocycles. The molecular weight excluding hydrogens is 222 g/mol. The number of carbonyl (C=O) groups excluding carboxylic acids is 1. The van der Waals surface area contributed by atoms with E-state index in [0.29, 0.717) is 24.7 Å². The van der Waals surface area contributed by atoms with E-state index in [2.05, 4.69) is 0 Å². The molecular formula is C12H15NO4. The summed E-state index contributed by atoms with van der Waals surface area (Å²) >= 11 is 0. The van der Waals surface area contributed by atoms with Crippen LogP contribution in [-0.4, -0.2) is 32.7 Å². The van der Waals surface area contributed by atoms with Gasteiger partial charge in [0.2, 0.25) is 0 Å². The van der Waals surface area contributed by atoms with Crippen molar-refractivity contribution in [3.63, 3.8) is 0 Å². The number of Topliss-reactive ketones (excluding diaryl/α,β-unsaturated/α-hetero) is 1. The van der Waals surface area contributed by atoms with Crippen LogP contribution >= 0.6 is 0 Å². The molecule has 1 aromatic carbocycles. The van der Waals surface area contributed by atoms with Crippen molar-refractivity contribution in [3.8, 4) is 11.5 Å². The number of benzene rings is 1. The van der Waals surface area contributed by atoms with Crippen molar-refractivity contribution in [3.05, 3.63) is 23.8 Å². The first-order valence-electron chi connectivity index (χ1n) is 5.41. The lowest BCUT2D eigenvalue weighted by Crippen LogP contribution is -2.23. The van der Waals surface area contributed by atoms with Gasteiger partial charge in [0.05, 0.1) is 6.54 Å². The maximum atomic E-state index is 11.6. The van der Waals surface area contributed by atoms with E-state index in [1.54, 1.807) is 18.2 Å². The van der Waals surface area contributed by atoms with E-state index in [-0.39, 0.29) is 12.3 Å². The van der Waals surface area contributed by atoms with Gasteiger partial charge in [0, 0.05) is 7.11 Å². The van der Waals surface area contributed by atoms with Crippen molar-refractivity contribution in [1.29, 1.82) is 0 Å². The number of ketones is 1. The van der Waals surface area contributed by atoms with Gasteiger partial charge < -0.3 is 19.9 Å². The second-order valence-electron chi connectivity index (χ2n) is 3.69. The Morgan fingerprint density at radius 1 is 1.41 bits per heavy atom. The molecule has 92 valence electrons. The molecule has 0 spiro atoms. The van der Waals surface area contributed by atoms with Gasteiger partial charge in [0.25, 0.3) is 0 Å². The Morgan fingerprint density at radius 2 is 2.12 bits per heavy atom. The van der Waals surface area contributed by atoms with E-state index in [4.69, 9.17) is 19.9 Å². The van der Waals surface area contributed by atoms with Gasteiger partial charge >= 0.3 is 0 Å². The van der Waals surface area contributed by atoms with Crippen LogP contribution in [0.25, 0.3) is 0 Å². The summed E-state index contributed by atoms with van der Waals surface area (Å²) in [6.45, 7) is 1.01. The molecule has 2 N–H and O–H groups in total. The third-order valence-corrected chi connectivity index (χ3v) is 2.60. The van der Waals surface area contributed by atoms with Crippen LogP contribution in [0.1, 0.15) is 11.7 Å². The van der Waals surface area contributed by atoms with Crippen LogP contribution < -0.4 is 15.2 Å². The third kappa shape index (κ3) is 2.40. The molecule has 1 aliphatic rings. The van der Waals surface area contributed by atoms with Crippen LogP contribution in [0.5, 0.6) is 11.5 Å². The number of hydrogen-bond acceptors (Lipinski definition) is 5. The molecule has 0 saturated heterocycles. The summed E-state index contributed by atoms with van der Waals surface area (Å²) in [5.74, 6) is 1.17. The molecule has 0 fully saturated rings. The molecule has 0 aromatic heterocycles. The highest BCUT2D eigenvalue weighted by molar-refractivity contribution is 5.86. The maximum Gasteiger partial charge on any atom is 0.179 e. The SMILES string of the molecule is COC(C(=O)CN)c1ccc2c(c1)OCCO2. The van der Waals surface area contributed by atoms with Crippen LogP contribution in [0.3, 0.4) is 0 Å². The summed E-state index contributed by atoms with van der Waals surface area (Å²) in [7, 11) is 1.48. The second kappa shape index (κ2) is 5.16. The number of ether oxygens (including phenoxy) is 3. The molecule has 2 rings (SSSR count). The first-order valence-corrected chi connectivity index (χ1v) is 5.41. The zero-order chi connectivity index (χ0) is 12.3. The first kappa shape index (κ1) is 11.9. The smallest absolute Gasteiger partial charge is 0.179 e. The monoisotopic (exact) mass is 237 g/mol. The van der Waals surface area contributed by atoms with Crippen LogP contribution in [0.15, 0.2) is 18.2 Å². The van der Waals surface area contributed by atoms with Gasteiger partial charge in [0.15, 0.2) is 17.3 Å². The largest absolute Gasteiger partial charge is 0.486 e. The van der Waals surface area contributed by atoms with Crippen LogP contribution in [0.4, 0.5) is 0 Å². The lowest BCUT2D eigenvalue weighted by Gasteiger charge is -2.20. The summed E-state index contributed by atoms with van der Waals surface area (Å²) in [5, 5.41) is 0. The fraction of sp³-hybridized carbons (Fsp3) is 0.417. The lowest BCUT2D eigenvalue weighted by atomic mass is 10.0. The van der Waals surface area contributed by atoms with Crippen molar-refractivity contribution in [2.45, 2.75) is 6.10 Å². The van der Waals surface area contributed by atoms with Gasteiger partial charge in [0.1, 0.15) is 19.3 Å². The molecule has 0 amide bonds. The van der Waals surface area contributed by atoms with Gasteiger partial charge in [-0.2, -0.15) is 0 Å². The third-order valence-electron chi connectivity index (χ3n) is 2.60. The highest BCUT2D eigenvalue weighted by Gasteiger charge is 2.21. The van der Waals surface area contributed by atoms with E-state index < -0.39 is 6.10 Å². The normalized spacial score (nSPS) is 15.4. The van der Waals surface area contributed by atoms with E-state index in [0.717, 1.165) is 5.56 Å². The quantitative estimate of drug-likeness (QED) is 0.833. The fourth-order valence-corrected chi connectivity index (χ4v) is 1.78. The van der Waals surface area contributed by atoms with Gasteiger partial charge in [-0.05, 0) is 17.7 Å². The number of fused-ring (bicyclic) bond motifs is 1. The number of rotatable bonds is 4. The van der Waals surface area contributed by atoms with E-state index in [1.807, 2.05) is 0 Å². The zero-order valence-corrected chi connectivity index (χ0v) is 9.64. The molecule has 17 heavy (non-hydrogen) atoms. The van der Waals surface area contributed by atoms with Crippen molar-refractivity contribution < 1.29 is 19.0 Å². The molecule has 1 unspecified atom stereocenters. The number of carbonyl (C=O) groups is 1. The van der Waals surface area contributed by atoms with Crippen LogP contribution in [0.2, 0.25) is 0 Å². The Hall–Kier alpha value is -1.59. The standard InChI is InChI=1S/C12H15NO4/c1-15-12(9(14)7-13)8-2-3-10-11(6-8)17-5-4-16-10/h2-3,6,12H,4-5,7,13H2,1H3. The minimum atomic E-state index is -0.643. The van der Waals surface area contributed by atoms with Gasteiger partial charge in [-0.15, -0.1) is 0 Å². The van der Waals surface area contributed by atoms with Gasteiger partial charge in [-0.25, -0.2) is 0 Å². The van der Waals surface area contributed by atoms with E-state index in [9.17, 15) is 4.79 Å². The van der Waals surface area contributed by atoms with Crippen molar-refractivity contribution in [1.82, 2.24) is 0 Å². The fourth-order valence-electron chi connectivity index (χ4n) is 1.78. The summed E-state index contributed by atoms with van der Waals surface area (Å²) in [4.78, 5) is 11.6. The first-order chi connectivity index (χ1) is 8.26. The average Bonchev–Trinajstić information content (AvgIpc) is 2.39. The van der Waals surface area contributed by atoms with Crippen molar-refractivity contribution in [2.75, 3.05) is 26.9 Å². The minimum absolute atomic E-state index is 0.0487. The van der Waals surface area contributed by atoms with Crippen molar-refractivity contribution >= 4 is 5.78 Å². The number of hydrogen-bond donors (Lipinski definition) is 1. The predicted molar refractivity (Wildman–Crippen MR) is 61.2 cm³/mol. The minimum Gasteiger partial charge on any atom is -0.486 e. The molecule has 1 atom stereocenters. The Balaban J connectivity index is 2.29. The Kier molecular flexibility index (Phi) is 3.61. The van der Waals surface area contributed by atoms with Gasteiger partial charge in [-0.3, -0.25) is 4.79 Å². The van der Waals surface area contributed by atoms with E-state index in [1.165, 1.54) is 7.11 Å². The summed E-state index contributed by atoms with van der Waals surface area (Å²) in [6.07, 6.45) is -0.643.